The van der Waals surface area contributed by atoms with Gasteiger partial charge >= 0.3 is 6.03 Å². The van der Waals surface area contributed by atoms with Gasteiger partial charge in [0.05, 0.1) is 6.61 Å². The van der Waals surface area contributed by atoms with Gasteiger partial charge in [-0.1, -0.05) is 0 Å². The summed E-state index contributed by atoms with van der Waals surface area (Å²) in [4.78, 5) is 13.6. The highest BCUT2D eigenvalue weighted by Gasteiger charge is 2.32. The highest BCUT2D eigenvalue weighted by atomic mass is 16.5. The Hall–Kier alpha value is -0.770. The molecule has 14 heavy (non-hydrogen) atoms. The molecule has 1 aliphatic rings. The van der Waals surface area contributed by atoms with E-state index in [0.29, 0.717) is 19.2 Å². The Labute approximate surface area is 85.6 Å². The number of methoxy groups -OCH3 is 1. The Kier molecular flexibility index (Phi) is 4.20. The molecular weight excluding hydrogens is 180 g/mol. The number of nitrogens with zero attached hydrogens (tertiary/aromatic N) is 1. The molecule has 1 fully saturated rings. The monoisotopic (exact) mass is 200 g/mol. The van der Waals surface area contributed by atoms with Crippen LogP contribution in [0.5, 0.6) is 0 Å². The molecule has 1 N–H and O–H groups in total. The summed E-state index contributed by atoms with van der Waals surface area (Å²) in [6, 6.07) is 0.690. The number of carbonyl (C=O) groups is 1. The lowest BCUT2D eigenvalue weighted by atomic mass is 10.4. The Balaban J connectivity index is 2.36. The second-order valence-electron chi connectivity index (χ2n) is 4.02. The van der Waals surface area contributed by atoms with E-state index in [0.717, 1.165) is 12.8 Å². The molecule has 4 nitrogen and oxygen atoms in total. The first-order chi connectivity index (χ1) is 6.65. The van der Waals surface area contributed by atoms with Crippen molar-refractivity contribution in [2.75, 3.05) is 20.3 Å². The maximum Gasteiger partial charge on any atom is 0.317 e. The lowest BCUT2D eigenvalue weighted by Crippen LogP contribution is -2.45. The van der Waals surface area contributed by atoms with Crippen molar-refractivity contribution in [1.29, 1.82) is 0 Å². The Morgan fingerprint density at radius 1 is 1.57 bits per heavy atom. The number of ether oxygens (including phenoxy) is 1. The quantitative estimate of drug-likeness (QED) is 0.725. The van der Waals surface area contributed by atoms with E-state index in [2.05, 4.69) is 5.32 Å². The van der Waals surface area contributed by atoms with Gasteiger partial charge in [-0.3, -0.25) is 0 Å². The van der Waals surface area contributed by atoms with Gasteiger partial charge in [-0.2, -0.15) is 0 Å². The molecule has 0 spiro atoms. The maximum absolute atomic E-state index is 11.7. The Morgan fingerprint density at radius 2 is 2.21 bits per heavy atom. The van der Waals surface area contributed by atoms with Gasteiger partial charge in [0, 0.05) is 25.7 Å². The molecule has 1 aliphatic carbocycles. The number of rotatable bonds is 5. The fraction of sp³-hybridized carbons (Fsp3) is 0.900. The van der Waals surface area contributed by atoms with Crippen molar-refractivity contribution in [1.82, 2.24) is 10.2 Å². The molecular formula is C10H20N2O2. The second-order valence-corrected chi connectivity index (χ2v) is 4.02. The van der Waals surface area contributed by atoms with Crippen LogP contribution in [0.25, 0.3) is 0 Å². The molecule has 0 heterocycles. The Morgan fingerprint density at radius 3 is 2.64 bits per heavy atom. The number of amides is 2. The molecule has 0 aliphatic heterocycles. The van der Waals surface area contributed by atoms with Crippen LogP contribution in [0.1, 0.15) is 26.7 Å². The summed E-state index contributed by atoms with van der Waals surface area (Å²) in [6.45, 7) is 5.25. The zero-order chi connectivity index (χ0) is 10.6. The van der Waals surface area contributed by atoms with Gasteiger partial charge in [0.25, 0.3) is 0 Å². The van der Waals surface area contributed by atoms with Crippen molar-refractivity contribution >= 4 is 6.03 Å². The SMILES string of the molecule is COCCN(C(=O)NC(C)C)C1CC1. The maximum atomic E-state index is 11.7. The van der Waals surface area contributed by atoms with E-state index >= 15 is 0 Å². The molecule has 0 aromatic heterocycles. The first kappa shape index (κ1) is 11.3. The van der Waals surface area contributed by atoms with Crippen LogP contribution in [0.15, 0.2) is 0 Å². The fourth-order valence-corrected chi connectivity index (χ4v) is 1.36. The van der Waals surface area contributed by atoms with Gasteiger partial charge in [0.1, 0.15) is 0 Å². The van der Waals surface area contributed by atoms with Crippen molar-refractivity contribution in [2.45, 2.75) is 38.8 Å². The topological polar surface area (TPSA) is 41.6 Å². The predicted molar refractivity (Wildman–Crippen MR) is 55.3 cm³/mol. The van der Waals surface area contributed by atoms with Gasteiger partial charge in [-0.15, -0.1) is 0 Å². The predicted octanol–water partition coefficient (Wildman–Crippen LogP) is 1.22. The van der Waals surface area contributed by atoms with Crippen LogP contribution in [0.3, 0.4) is 0 Å². The molecule has 0 bridgehead atoms. The Bertz CT molecular complexity index is 191. The summed E-state index contributed by atoms with van der Waals surface area (Å²) in [7, 11) is 1.66. The van der Waals surface area contributed by atoms with E-state index in [-0.39, 0.29) is 12.1 Å². The minimum absolute atomic E-state index is 0.0413. The van der Waals surface area contributed by atoms with E-state index in [9.17, 15) is 4.79 Å². The largest absolute Gasteiger partial charge is 0.383 e. The van der Waals surface area contributed by atoms with Crippen LogP contribution in [-0.4, -0.2) is 43.3 Å². The van der Waals surface area contributed by atoms with Crippen molar-refractivity contribution in [3.63, 3.8) is 0 Å². The van der Waals surface area contributed by atoms with E-state index < -0.39 is 0 Å². The van der Waals surface area contributed by atoms with Crippen LogP contribution in [0.2, 0.25) is 0 Å². The third kappa shape index (κ3) is 3.54. The fourth-order valence-electron chi connectivity index (χ4n) is 1.36. The van der Waals surface area contributed by atoms with Crippen molar-refractivity contribution < 1.29 is 9.53 Å². The smallest absolute Gasteiger partial charge is 0.317 e. The highest BCUT2D eigenvalue weighted by Crippen LogP contribution is 2.26. The zero-order valence-corrected chi connectivity index (χ0v) is 9.25. The first-order valence-electron chi connectivity index (χ1n) is 5.21. The first-order valence-corrected chi connectivity index (χ1v) is 5.21. The molecule has 0 aromatic carbocycles. The molecule has 0 radical (unpaired) electrons. The number of carbonyl (C=O) groups excluding carboxylic acids is 1. The number of nitrogens with one attached hydrogen (secondary N) is 1. The normalized spacial score (nSPS) is 15.7. The van der Waals surface area contributed by atoms with E-state index in [1.54, 1.807) is 7.11 Å². The van der Waals surface area contributed by atoms with Gasteiger partial charge < -0.3 is 15.0 Å². The number of hydrogen-bond donors (Lipinski definition) is 1. The molecule has 0 unspecified atom stereocenters. The van der Waals surface area contributed by atoms with Crippen molar-refractivity contribution in [3.8, 4) is 0 Å². The molecule has 4 heteroatoms. The van der Waals surface area contributed by atoms with Crippen LogP contribution in [0, 0.1) is 0 Å². The van der Waals surface area contributed by atoms with E-state index in [4.69, 9.17) is 4.74 Å². The minimum atomic E-state index is 0.0413. The van der Waals surface area contributed by atoms with Gasteiger partial charge in [0.2, 0.25) is 0 Å². The molecule has 1 rings (SSSR count). The average molecular weight is 200 g/mol. The molecule has 0 atom stereocenters. The summed E-state index contributed by atoms with van der Waals surface area (Å²) in [5.41, 5.74) is 0. The van der Waals surface area contributed by atoms with Crippen LogP contribution in [0.4, 0.5) is 4.79 Å². The second kappa shape index (κ2) is 5.20. The minimum Gasteiger partial charge on any atom is -0.383 e. The van der Waals surface area contributed by atoms with Crippen LogP contribution >= 0.6 is 0 Å². The van der Waals surface area contributed by atoms with Gasteiger partial charge in [-0.05, 0) is 26.7 Å². The highest BCUT2D eigenvalue weighted by molar-refractivity contribution is 5.75. The molecule has 1 saturated carbocycles. The lowest BCUT2D eigenvalue weighted by Gasteiger charge is -2.23. The zero-order valence-electron chi connectivity index (χ0n) is 9.25. The van der Waals surface area contributed by atoms with Crippen molar-refractivity contribution in [2.24, 2.45) is 0 Å². The summed E-state index contributed by atoms with van der Waals surface area (Å²) < 4.78 is 4.98. The third-order valence-corrected chi connectivity index (χ3v) is 2.20. The van der Waals surface area contributed by atoms with Crippen LogP contribution in [-0.2, 0) is 4.74 Å². The third-order valence-electron chi connectivity index (χ3n) is 2.20. The summed E-state index contributed by atoms with van der Waals surface area (Å²) in [5.74, 6) is 0. The van der Waals surface area contributed by atoms with Crippen molar-refractivity contribution in [3.05, 3.63) is 0 Å². The number of hydrogen-bond acceptors (Lipinski definition) is 2. The van der Waals surface area contributed by atoms with E-state index in [1.807, 2.05) is 18.7 Å². The van der Waals surface area contributed by atoms with Gasteiger partial charge in [0.15, 0.2) is 0 Å². The standard InChI is InChI=1S/C10H20N2O2/c1-8(2)11-10(13)12(6-7-14-3)9-4-5-9/h8-9H,4-7H2,1-3H3,(H,11,13). The van der Waals surface area contributed by atoms with Crippen LogP contribution < -0.4 is 5.32 Å². The lowest BCUT2D eigenvalue weighted by molar-refractivity contribution is 0.145. The van der Waals surface area contributed by atoms with Gasteiger partial charge in [-0.25, -0.2) is 4.79 Å². The molecule has 0 saturated heterocycles. The van der Waals surface area contributed by atoms with E-state index in [1.165, 1.54) is 0 Å². The summed E-state index contributed by atoms with van der Waals surface area (Å²) in [6.07, 6.45) is 2.27. The summed E-state index contributed by atoms with van der Waals surface area (Å²) in [5, 5.41) is 2.90. The average Bonchev–Trinajstić information content (AvgIpc) is 2.87. The molecule has 2 amide bonds. The molecule has 0 aromatic rings. The summed E-state index contributed by atoms with van der Waals surface area (Å²) >= 11 is 0. The molecule has 82 valence electrons. The number of urea groups is 1.